The first-order chi connectivity index (χ1) is 13.4. The van der Waals surface area contributed by atoms with Crippen LogP contribution in [0.2, 0.25) is 0 Å². The quantitative estimate of drug-likeness (QED) is 0.665. The maximum atomic E-state index is 12.7. The number of amides is 1. The largest absolute Gasteiger partial charge is 0.352 e. The number of hydrogen-bond acceptors (Lipinski definition) is 5. The molecule has 0 spiro atoms. The van der Waals surface area contributed by atoms with Crippen LogP contribution in [0.15, 0.2) is 35.4 Å². The zero-order valence-electron chi connectivity index (χ0n) is 16.8. The van der Waals surface area contributed by atoms with E-state index in [1.807, 2.05) is 46.1 Å². The highest BCUT2D eigenvalue weighted by atomic mass is 32.1. The average Bonchev–Trinajstić information content (AvgIpc) is 2.95. The normalized spacial score (nSPS) is 11.3. The molecule has 2 aromatic heterocycles. The van der Waals surface area contributed by atoms with E-state index in [1.165, 1.54) is 21.5 Å². The predicted octanol–water partition coefficient (Wildman–Crippen LogP) is 2.84. The fourth-order valence-electron chi connectivity index (χ4n) is 3.16. The van der Waals surface area contributed by atoms with Gasteiger partial charge in [0.05, 0.1) is 11.7 Å². The van der Waals surface area contributed by atoms with E-state index >= 15 is 0 Å². The number of benzene rings is 1. The molecule has 0 aliphatic rings. The monoisotopic (exact) mass is 398 g/mol. The Balaban J connectivity index is 1.63. The Hall–Kier alpha value is -2.51. The molecule has 0 aliphatic carbocycles. The van der Waals surface area contributed by atoms with Gasteiger partial charge in [-0.3, -0.25) is 14.2 Å². The first-order valence-electron chi connectivity index (χ1n) is 9.30. The molecular formula is C21H26N4O2S. The Kier molecular flexibility index (Phi) is 6.26. The number of nitrogens with zero attached hydrogens (tertiary/aromatic N) is 3. The molecule has 148 valence electrons. The first-order valence-corrected chi connectivity index (χ1v) is 10.1. The maximum Gasteiger partial charge on any atom is 0.262 e. The number of aromatic nitrogens is 2. The highest BCUT2D eigenvalue weighted by Crippen LogP contribution is 2.25. The van der Waals surface area contributed by atoms with Crippen LogP contribution in [0.3, 0.4) is 0 Å². The highest BCUT2D eigenvalue weighted by molar-refractivity contribution is 7.18. The van der Waals surface area contributed by atoms with Gasteiger partial charge in [0.15, 0.2) is 0 Å². The standard InChI is InChI=1S/C21H26N4O2S/c1-14-15(2)28-20-19(14)21(27)25(13-23-20)10-9-18(26)22-11-16-7-5-6-8-17(16)12-24(3)4/h5-8,13H,9-12H2,1-4H3,(H,22,26). The lowest BCUT2D eigenvalue weighted by Gasteiger charge is -2.14. The smallest absolute Gasteiger partial charge is 0.262 e. The van der Waals surface area contributed by atoms with Gasteiger partial charge in [-0.2, -0.15) is 0 Å². The second kappa shape index (κ2) is 8.67. The number of fused-ring (bicyclic) bond motifs is 1. The van der Waals surface area contributed by atoms with E-state index in [0.717, 1.165) is 27.4 Å². The van der Waals surface area contributed by atoms with Gasteiger partial charge in [0.2, 0.25) is 5.91 Å². The van der Waals surface area contributed by atoms with Crippen LogP contribution in [-0.2, 0) is 24.4 Å². The molecule has 1 aromatic carbocycles. The molecule has 2 heterocycles. The Morgan fingerprint density at radius 2 is 1.93 bits per heavy atom. The minimum absolute atomic E-state index is 0.0732. The highest BCUT2D eigenvalue weighted by Gasteiger charge is 2.13. The molecule has 0 saturated heterocycles. The molecular weight excluding hydrogens is 372 g/mol. The van der Waals surface area contributed by atoms with E-state index in [4.69, 9.17) is 0 Å². The minimum atomic E-state index is -0.0788. The molecule has 0 fully saturated rings. The Morgan fingerprint density at radius 1 is 1.21 bits per heavy atom. The lowest BCUT2D eigenvalue weighted by Crippen LogP contribution is -2.27. The molecule has 0 unspecified atom stereocenters. The molecule has 1 N–H and O–H groups in total. The van der Waals surface area contributed by atoms with Crippen LogP contribution in [0.25, 0.3) is 10.2 Å². The second-order valence-corrected chi connectivity index (χ2v) is 8.44. The number of hydrogen-bond donors (Lipinski definition) is 1. The first kappa shape index (κ1) is 20.2. The zero-order valence-corrected chi connectivity index (χ0v) is 17.6. The van der Waals surface area contributed by atoms with E-state index in [0.29, 0.717) is 18.5 Å². The summed E-state index contributed by atoms with van der Waals surface area (Å²) in [6, 6.07) is 8.09. The van der Waals surface area contributed by atoms with E-state index < -0.39 is 0 Å². The fourth-order valence-corrected chi connectivity index (χ4v) is 4.15. The van der Waals surface area contributed by atoms with Gasteiger partial charge in [-0.15, -0.1) is 11.3 Å². The number of nitrogens with one attached hydrogen (secondary N) is 1. The van der Waals surface area contributed by atoms with Crippen LogP contribution < -0.4 is 10.9 Å². The van der Waals surface area contributed by atoms with Crippen molar-refractivity contribution < 1.29 is 4.79 Å². The predicted molar refractivity (Wildman–Crippen MR) is 114 cm³/mol. The van der Waals surface area contributed by atoms with Gasteiger partial charge in [0, 0.05) is 30.9 Å². The lowest BCUT2D eigenvalue weighted by atomic mass is 10.1. The molecule has 0 bridgehead atoms. The van der Waals surface area contributed by atoms with Gasteiger partial charge in [-0.05, 0) is 44.6 Å². The van der Waals surface area contributed by atoms with Crippen molar-refractivity contribution in [1.29, 1.82) is 0 Å². The van der Waals surface area contributed by atoms with Crippen molar-refractivity contribution in [3.8, 4) is 0 Å². The summed E-state index contributed by atoms with van der Waals surface area (Å²) in [6.07, 6.45) is 1.78. The summed E-state index contributed by atoms with van der Waals surface area (Å²) in [5.41, 5.74) is 3.21. The molecule has 6 nitrogen and oxygen atoms in total. The minimum Gasteiger partial charge on any atom is -0.352 e. The van der Waals surface area contributed by atoms with E-state index in [9.17, 15) is 9.59 Å². The van der Waals surface area contributed by atoms with Crippen LogP contribution in [0.4, 0.5) is 0 Å². The third-order valence-corrected chi connectivity index (χ3v) is 5.93. The topological polar surface area (TPSA) is 67.2 Å². The Morgan fingerprint density at radius 3 is 2.64 bits per heavy atom. The molecule has 0 radical (unpaired) electrons. The van der Waals surface area contributed by atoms with E-state index in [-0.39, 0.29) is 17.9 Å². The van der Waals surface area contributed by atoms with Crippen LogP contribution >= 0.6 is 11.3 Å². The average molecular weight is 399 g/mol. The summed E-state index contributed by atoms with van der Waals surface area (Å²) in [5.74, 6) is -0.0788. The number of thiophene rings is 1. The number of rotatable bonds is 7. The van der Waals surface area contributed by atoms with Gasteiger partial charge >= 0.3 is 0 Å². The molecule has 7 heteroatoms. The SMILES string of the molecule is Cc1sc2ncn(CCC(=O)NCc3ccccc3CN(C)C)c(=O)c2c1C. The van der Waals surface area contributed by atoms with Crippen LogP contribution in [0.5, 0.6) is 0 Å². The Labute approximate surface area is 168 Å². The van der Waals surface area contributed by atoms with Gasteiger partial charge in [0.25, 0.3) is 5.56 Å². The van der Waals surface area contributed by atoms with Gasteiger partial charge < -0.3 is 10.2 Å². The van der Waals surface area contributed by atoms with Crippen LogP contribution in [0.1, 0.15) is 28.0 Å². The van der Waals surface area contributed by atoms with Gasteiger partial charge in [0.1, 0.15) is 4.83 Å². The van der Waals surface area contributed by atoms with Crippen LogP contribution in [-0.4, -0.2) is 34.5 Å². The fraction of sp³-hybridized carbons (Fsp3) is 0.381. The molecule has 1 amide bonds. The van der Waals surface area contributed by atoms with Crippen molar-refractivity contribution in [1.82, 2.24) is 19.8 Å². The maximum absolute atomic E-state index is 12.7. The van der Waals surface area contributed by atoms with Crippen molar-refractivity contribution in [2.24, 2.45) is 0 Å². The third kappa shape index (κ3) is 4.48. The summed E-state index contributed by atoms with van der Waals surface area (Å²) < 4.78 is 1.53. The van der Waals surface area contributed by atoms with E-state index in [1.54, 1.807) is 6.33 Å². The van der Waals surface area contributed by atoms with E-state index in [2.05, 4.69) is 21.3 Å². The molecule has 0 aliphatic heterocycles. The molecule has 0 saturated carbocycles. The molecule has 3 aromatic rings. The molecule has 28 heavy (non-hydrogen) atoms. The Bertz CT molecular complexity index is 1050. The van der Waals surface area contributed by atoms with Crippen molar-refractivity contribution in [3.05, 3.63) is 62.5 Å². The van der Waals surface area contributed by atoms with Gasteiger partial charge in [-0.25, -0.2) is 4.98 Å². The molecule has 0 atom stereocenters. The van der Waals surface area contributed by atoms with Crippen molar-refractivity contribution in [2.75, 3.05) is 14.1 Å². The summed E-state index contributed by atoms with van der Waals surface area (Å²) in [4.78, 5) is 33.4. The summed E-state index contributed by atoms with van der Waals surface area (Å²) in [7, 11) is 4.04. The number of carbonyl (C=O) groups is 1. The van der Waals surface area contributed by atoms with Gasteiger partial charge in [-0.1, -0.05) is 24.3 Å². The summed E-state index contributed by atoms with van der Waals surface area (Å²) >= 11 is 1.53. The second-order valence-electron chi connectivity index (χ2n) is 7.24. The van der Waals surface area contributed by atoms with Crippen LogP contribution in [0, 0.1) is 13.8 Å². The molecule has 3 rings (SSSR count). The summed E-state index contributed by atoms with van der Waals surface area (Å²) in [6.45, 7) is 5.57. The summed E-state index contributed by atoms with van der Waals surface area (Å²) in [5, 5.41) is 3.63. The van der Waals surface area contributed by atoms with Crippen molar-refractivity contribution in [3.63, 3.8) is 0 Å². The lowest BCUT2D eigenvalue weighted by molar-refractivity contribution is -0.121. The van der Waals surface area contributed by atoms with Crippen molar-refractivity contribution in [2.45, 2.75) is 39.9 Å². The third-order valence-electron chi connectivity index (χ3n) is 4.82. The zero-order chi connectivity index (χ0) is 20.3. The number of aryl methyl sites for hydroxylation is 3. The van der Waals surface area contributed by atoms with Crippen molar-refractivity contribution >= 4 is 27.5 Å². The number of carbonyl (C=O) groups excluding carboxylic acids is 1.